The zero-order chi connectivity index (χ0) is 76.0. The summed E-state index contributed by atoms with van der Waals surface area (Å²) in [5.41, 5.74) is 1.53. The van der Waals surface area contributed by atoms with Crippen LogP contribution in [0.15, 0.2) is 208 Å². The van der Waals surface area contributed by atoms with Crippen LogP contribution in [0.2, 0.25) is 76.6 Å². The van der Waals surface area contributed by atoms with Crippen molar-refractivity contribution in [2.24, 2.45) is 0 Å². The van der Waals surface area contributed by atoms with Gasteiger partial charge in [0.25, 0.3) is 0 Å². The van der Waals surface area contributed by atoms with E-state index in [1.54, 1.807) is 54.6 Å². The zero-order valence-electron chi connectivity index (χ0n) is 60.1. The molecule has 0 atom stereocenters. The molecular formula is C82H86N2O16Si4. The number of carbonyl (C=O) groups is 8. The summed E-state index contributed by atoms with van der Waals surface area (Å²) in [6.45, 7) is 40.3. The van der Waals surface area contributed by atoms with Gasteiger partial charge >= 0.3 is 47.8 Å². The minimum Gasteiger partial charge on any atom is -0.463 e. The Bertz CT molecular complexity index is 4290. The molecule has 7 aromatic rings. The van der Waals surface area contributed by atoms with Crippen LogP contribution in [0, 0.1) is 29.7 Å². The van der Waals surface area contributed by atoms with E-state index in [-0.39, 0.29) is 45.0 Å². The maximum Gasteiger partial charge on any atom is 0.344 e. The van der Waals surface area contributed by atoms with Gasteiger partial charge in [0.05, 0.1) is 93.6 Å². The lowest BCUT2D eigenvalue weighted by atomic mass is 10.0. The van der Waals surface area contributed by atoms with Crippen LogP contribution in [0.25, 0.3) is 4.85 Å². The summed E-state index contributed by atoms with van der Waals surface area (Å²) in [6.07, 6.45) is 7.50. The highest BCUT2D eigenvalue weighted by Crippen LogP contribution is 2.38. The van der Waals surface area contributed by atoms with Crippen molar-refractivity contribution in [3.05, 3.63) is 259 Å². The van der Waals surface area contributed by atoms with Gasteiger partial charge in [-0.15, -0.1) is 0 Å². The largest absolute Gasteiger partial charge is 0.463 e. The van der Waals surface area contributed by atoms with Gasteiger partial charge in [-0.1, -0.05) is 202 Å². The van der Waals surface area contributed by atoms with Gasteiger partial charge in [0, 0.05) is 35.4 Å². The van der Waals surface area contributed by atoms with E-state index in [1.807, 2.05) is 84.9 Å². The Balaban J connectivity index is 0.000000327. The van der Waals surface area contributed by atoms with Gasteiger partial charge in [0.2, 0.25) is 5.69 Å². The highest BCUT2D eigenvalue weighted by molar-refractivity contribution is 6.91. The highest BCUT2D eigenvalue weighted by atomic mass is 28.3. The summed E-state index contributed by atoms with van der Waals surface area (Å²) in [7, 11) is -7.45. The van der Waals surface area contributed by atoms with Gasteiger partial charge in [-0.05, 0) is 117 Å². The molecule has 0 aliphatic heterocycles. The highest BCUT2D eigenvalue weighted by Gasteiger charge is 2.29. The molecule has 7 aromatic carbocycles. The van der Waals surface area contributed by atoms with Crippen LogP contribution in [0.4, 0.5) is 5.69 Å². The number of nitrogens with zero attached hydrogens (tertiary/aromatic N) is 2. The summed E-state index contributed by atoms with van der Waals surface area (Å²) in [5.74, 6) is 2.26. The standard InChI is InChI=1S/C44H46O8Si2.C38H40N2O8Si2/c1-7-41(45)49-28-12-30-53(3,4)38-23-19-36(20-24-38)51-43(47)35-18-27-40(34(32-35)17-16-33-14-10-9-11-15-33)44(48)52-37-21-25-39(26-22-37)54(5,6)31-13-29-50-42(46)8-2;1-8-34(41)45-22-10-24-49(4,5)29-16-12-27(13-17-29)37(43)47-32-20-21-33(36(40-3)31(32)26-39)48-38(44)28-14-18-30(19-15-28)50(6,7)25-11-23-46-35(42)9-2/h7-11,14-15,18-27,32H,1-2,12-13,28-31H2,3-6H3;8-9,12-21H,1-2,10-11,22-25H2,4-7H3. The first-order valence-corrected chi connectivity index (χ1v) is 46.5. The number of carbonyl (C=O) groups excluding carboxylic acids is 8. The fourth-order valence-corrected chi connectivity index (χ4v) is 20.4. The smallest absolute Gasteiger partial charge is 0.344 e. The molecule has 0 aliphatic carbocycles. The molecule has 0 unspecified atom stereocenters. The van der Waals surface area contributed by atoms with E-state index in [0.29, 0.717) is 56.3 Å². The molecule has 0 saturated carbocycles. The average molecular weight is 1470 g/mol. The van der Waals surface area contributed by atoms with Crippen LogP contribution in [-0.4, -0.2) is 106 Å². The van der Waals surface area contributed by atoms with E-state index in [0.717, 1.165) is 77.3 Å². The predicted molar refractivity (Wildman–Crippen MR) is 413 cm³/mol. The number of nitriles is 1. The number of ether oxygens (including phenoxy) is 8. The van der Waals surface area contributed by atoms with Crippen molar-refractivity contribution < 1.29 is 76.3 Å². The van der Waals surface area contributed by atoms with Crippen molar-refractivity contribution in [3.8, 4) is 40.9 Å². The Morgan fingerprint density at radius 3 is 1.12 bits per heavy atom. The van der Waals surface area contributed by atoms with Crippen LogP contribution in [0.3, 0.4) is 0 Å². The number of benzene rings is 7. The van der Waals surface area contributed by atoms with Crippen molar-refractivity contribution in [1.82, 2.24) is 0 Å². The lowest BCUT2D eigenvalue weighted by Crippen LogP contribution is -2.41. The molecule has 0 saturated heterocycles. The lowest BCUT2D eigenvalue weighted by molar-refractivity contribution is -0.138. The van der Waals surface area contributed by atoms with Crippen LogP contribution in [-0.2, 0) is 38.1 Å². The summed E-state index contributed by atoms with van der Waals surface area (Å²) < 4.78 is 43.0. The molecular weight excluding hydrogens is 1380 g/mol. The number of rotatable bonds is 32. The van der Waals surface area contributed by atoms with E-state index in [1.165, 1.54) is 34.6 Å². The average Bonchev–Trinajstić information content (AvgIpc) is 0.800. The topological polar surface area (TPSA) is 239 Å². The fourth-order valence-electron chi connectivity index (χ4n) is 10.8. The molecule has 0 spiro atoms. The Kier molecular flexibility index (Phi) is 30.8. The maximum atomic E-state index is 13.5. The van der Waals surface area contributed by atoms with Gasteiger partial charge < -0.3 is 37.9 Å². The van der Waals surface area contributed by atoms with Gasteiger partial charge in [0.1, 0.15) is 28.6 Å². The van der Waals surface area contributed by atoms with Gasteiger partial charge in [-0.25, -0.2) is 43.2 Å². The Morgan fingerprint density at radius 1 is 0.413 bits per heavy atom. The minimum atomic E-state index is -1.89. The molecule has 0 bridgehead atoms. The first kappa shape index (κ1) is 81.6. The van der Waals surface area contributed by atoms with Crippen molar-refractivity contribution >= 4 is 106 Å². The van der Waals surface area contributed by atoms with E-state index >= 15 is 0 Å². The first-order chi connectivity index (χ1) is 49.6. The molecule has 0 aromatic heterocycles. The molecule has 0 amide bonds. The third kappa shape index (κ3) is 24.7. The van der Waals surface area contributed by atoms with E-state index in [9.17, 15) is 43.6 Å². The third-order valence-corrected chi connectivity index (χ3v) is 31.2. The van der Waals surface area contributed by atoms with Crippen LogP contribution >= 0.6 is 0 Å². The molecule has 536 valence electrons. The third-order valence-electron chi connectivity index (χ3n) is 17.2. The minimum absolute atomic E-state index is 0.132. The molecule has 7 rings (SSSR count). The zero-order valence-corrected chi connectivity index (χ0v) is 64.1. The second-order valence-corrected chi connectivity index (χ2v) is 46.0. The summed E-state index contributed by atoms with van der Waals surface area (Å²) >= 11 is 0. The molecule has 0 heterocycles. The maximum absolute atomic E-state index is 13.5. The summed E-state index contributed by atoms with van der Waals surface area (Å²) in [5, 5.41) is 14.5. The summed E-state index contributed by atoms with van der Waals surface area (Å²) in [6, 6.07) is 51.1. The second-order valence-electron chi connectivity index (χ2n) is 26.6. The number of hydrogen-bond donors (Lipinski definition) is 0. The molecule has 0 radical (unpaired) electrons. The fraction of sp³-hybridized carbons (Fsp3) is 0.244. The second kappa shape index (κ2) is 39.2. The first-order valence-electron chi connectivity index (χ1n) is 33.7. The number of hydrogen-bond acceptors (Lipinski definition) is 17. The van der Waals surface area contributed by atoms with Gasteiger partial charge in [-0.3, -0.25) is 0 Å². The van der Waals surface area contributed by atoms with Crippen molar-refractivity contribution in [2.75, 3.05) is 26.4 Å². The SMILES string of the molecule is C=CC(=O)OCCC[Si](C)(C)c1ccc(OC(=O)c2ccc(C(=O)Oc3ccc([Si](C)(C)CCCOC(=O)C=C)cc3)c(C#Cc3ccccc3)c2)cc1.[C-]#[N+]c1c(OC(=O)c2ccc([Si](C)(C)CCCOC(=O)C=C)cc2)ccc(OC(=O)c2ccc([Si](C)(C)CCCOC(=O)C=C)cc2)c1C#N. The van der Waals surface area contributed by atoms with Crippen molar-refractivity contribution in [1.29, 1.82) is 5.26 Å². The Morgan fingerprint density at radius 2 is 0.750 bits per heavy atom. The predicted octanol–water partition coefficient (Wildman–Crippen LogP) is 14.2. The van der Waals surface area contributed by atoms with Crippen molar-refractivity contribution in [2.45, 2.75) is 102 Å². The van der Waals surface area contributed by atoms with E-state index < -0.39 is 80.0 Å². The Labute approximate surface area is 612 Å². The van der Waals surface area contributed by atoms with Gasteiger partial charge in [-0.2, -0.15) is 5.26 Å². The van der Waals surface area contributed by atoms with Gasteiger partial charge in [0.15, 0.2) is 0 Å². The molecule has 0 aliphatic rings. The monoisotopic (exact) mass is 1470 g/mol. The molecule has 22 heteroatoms. The van der Waals surface area contributed by atoms with Crippen LogP contribution in [0.1, 0.15) is 83.8 Å². The lowest BCUT2D eigenvalue weighted by Gasteiger charge is -2.23. The van der Waals surface area contributed by atoms with Crippen molar-refractivity contribution in [3.63, 3.8) is 0 Å². The molecule has 18 nitrogen and oxygen atoms in total. The molecule has 0 N–H and O–H groups in total. The number of esters is 8. The van der Waals surface area contributed by atoms with E-state index in [2.05, 4.69) is 95.4 Å². The summed E-state index contributed by atoms with van der Waals surface area (Å²) in [4.78, 5) is 102. The van der Waals surface area contributed by atoms with Crippen LogP contribution < -0.4 is 39.7 Å². The quantitative estimate of drug-likeness (QED) is 0.00556. The molecule has 0 fully saturated rings. The van der Waals surface area contributed by atoms with E-state index in [4.69, 9.17) is 44.5 Å². The normalized spacial score (nSPS) is 10.9. The van der Waals surface area contributed by atoms with Crippen LogP contribution in [0.5, 0.6) is 23.0 Å². The Hall–Kier alpha value is -11.3. The molecule has 104 heavy (non-hydrogen) atoms.